The fourth-order valence-electron chi connectivity index (χ4n) is 8.14. The monoisotopic (exact) mass is 665 g/mol. The van der Waals surface area contributed by atoms with Gasteiger partial charge in [-0.25, -0.2) is 17.6 Å². The molecule has 4 aliphatic heterocycles. The number of nitrogens with zero attached hydrogens (tertiary/aromatic N) is 4. The first-order chi connectivity index (χ1) is 23.2. The second-order valence-corrected chi connectivity index (χ2v) is 14.1. The molecule has 1 aromatic heterocycles. The molecular weight excluding hydrogens is 630 g/mol. The zero-order valence-electron chi connectivity index (χ0n) is 26.2. The van der Waals surface area contributed by atoms with Crippen LogP contribution in [-0.4, -0.2) is 96.8 Å². The third-order valence-electron chi connectivity index (χ3n) is 10.7. The molecule has 1 saturated carbocycles. The molecule has 2 bridgehead atoms. The zero-order valence-corrected chi connectivity index (χ0v) is 26.2. The quantitative estimate of drug-likeness (QED) is 0.267. The Bertz CT molecular complexity index is 1920. The highest BCUT2D eigenvalue weighted by Crippen LogP contribution is 2.48. The van der Waals surface area contributed by atoms with Crippen LogP contribution >= 0.6 is 0 Å². The molecule has 13 heteroatoms. The topological polar surface area (TPSA) is 92.2 Å². The summed E-state index contributed by atoms with van der Waals surface area (Å²) in [6, 6.07) is 5.95. The lowest BCUT2D eigenvalue weighted by Gasteiger charge is -2.34. The van der Waals surface area contributed by atoms with Gasteiger partial charge in [-0.1, -0.05) is 6.07 Å². The molecule has 5 heterocycles. The van der Waals surface area contributed by atoms with Gasteiger partial charge in [-0.3, -0.25) is 4.90 Å². The van der Waals surface area contributed by atoms with Gasteiger partial charge in [0.05, 0.1) is 37.6 Å². The summed E-state index contributed by atoms with van der Waals surface area (Å²) in [5.74, 6) is -4.52. The Hall–Kier alpha value is -3.78. The first kappa shape index (κ1) is 30.3. The van der Waals surface area contributed by atoms with Crippen LogP contribution in [0.3, 0.4) is 0 Å². The predicted octanol–water partition coefficient (Wildman–Crippen LogP) is 4.91. The normalized spacial score (nSPS) is 26.4. The number of anilines is 1. The predicted molar refractivity (Wildman–Crippen MR) is 169 cm³/mol. The van der Waals surface area contributed by atoms with Crippen molar-refractivity contribution in [1.82, 2.24) is 20.2 Å². The van der Waals surface area contributed by atoms with E-state index in [0.29, 0.717) is 38.7 Å². The number of hydrogen-bond acceptors (Lipinski definition) is 9. The molecule has 9 nitrogen and oxygen atoms in total. The molecule has 5 fully saturated rings. The van der Waals surface area contributed by atoms with E-state index >= 15 is 13.2 Å². The van der Waals surface area contributed by atoms with Gasteiger partial charge in [0.15, 0.2) is 17.5 Å². The van der Waals surface area contributed by atoms with Crippen molar-refractivity contribution in [3.05, 3.63) is 53.6 Å². The molecule has 9 rings (SSSR count). The van der Waals surface area contributed by atoms with Crippen LogP contribution in [-0.2, 0) is 9.47 Å². The number of nitrogens with one attached hydrogen (secondary N) is 1. The van der Waals surface area contributed by atoms with Gasteiger partial charge < -0.3 is 29.5 Å². The largest absolute Gasteiger partial charge is 0.508 e. The lowest BCUT2D eigenvalue weighted by Crippen LogP contribution is -2.51. The molecule has 0 radical (unpaired) electrons. The number of aromatic hydroxyl groups is 1. The maximum Gasteiger partial charge on any atom is 0.319 e. The number of phenolic OH excluding ortho intramolecular Hbond substituents is 1. The summed E-state index contributed by atoms with van der Waals surface area (Å²) in [6.07, 6.45) is 4.04. The van der Waals surface area contributed by atoms with E-state index in [0.717, 1.165) is 63.5 Å². The van der Waals surface area contributed by atoms with Crippen molar-refractivity contribution in [3.63, 3.8) is 0 Å². The lowest BCUT2D eigenvalue weighted by atomic mass is 9.95. The molecule has 0 spiro atoms. The summed E-state index contributed by atoms with van der Waals surface area (Å²) in [5.41, 5.74) is -1.26. The van der Waals surface area contributed by atoms with Crippen LogP contribution < -0.4 is 15.0 Å². The number of aromatic nitrogens is 2. The van der Waals surface area contributed by atoms with Gasteiger partial charge in [0, 0.05) is 66.6 Å². The van der Waals surface area contributed by atoms with Gasteiger partial charge >= 0.3 is 6.01 Å². The minimum absolute atomic E-state index is 0.0362. The highest BCUT2D eigenvalue weighted by molar-refractivity contribution is 6.02. The first-order valence-corrected chi connectivity index (χ1v) is 16.6. The molecule has 3 aromatic carbocycles. The molecule has 48 heavy (non-hydrogen) atoms. The number of likely N-dealkylation sites (tertiary alicyclic amines) is 1. The number of ether oxygens (including phenoxy) is 3. The summed E-state index contributed by atoms with van der Waals surface area (Å²) in [6.45, 7) is 5.11. The minimum atomic E-state index is -1.27. The van der Waals surface area contributed by atoms with Crippen molar-refractivity contribution in [2.24, 2.45) is 5.41 Å². The van der Waals surface area contributed by atoms with E-state index in [2.05, 4.69) is 15.2 Å². The Morgan fingerprint density at radius 1 is 0.896 bits per heavy atom. The van der Waals surface area contributed by atoms with E-state index in [4.69, 9.17) is 19.2 Å². The van der Waals surface area contributed by atoms with Crippen molar-refractivity contribution in [1.29, 1.82) is 0 Å². The number of piperazine rings is 1. The summed E-state index contributed by atoms with van der Waals surface area (Å²) in [7, 11) is 0. The molecule has 5 aliphatic rings. The Kier molecular flexibility index (Phi) is 7.19. The van der Waals surface area contributed by atoms with Crippen LogP contribution in [0.15, 0.2) is 30.3 Å². The van der Waals surface area contributed by atoms with Crippen LogP contribution in [0.25, 0.3) is 32.8 Å². The molecule has 252 valence electrons. The van der Waals surface area contributed by atoms with Crippen molar-refractivity contribution in [3.8, 4) is 22.9 Å². The van der Waals surface area contributed by atoms with Crippen molar-refractivity contribution in [2.45, 2.75) is 50.0 Å². The lowest BCUT2D eigenvalue weighted by molar-refractivity contribution is -0.116. The SMILES string of the molecule is Oc1cc(-c2c(F)cc3c(N4CC5CCC(C4)N5)nc(OCC4(CN5CC6OCCOC6C5)CC4)nc3c2F)c2c(F)c(F)ccc2c1. The van der Waals surface area contributed by atoms with Gasteiger partial charge in [0.2, 0.25) is 0 Å². The molecule has 4 aromatic rings. The Morgan fingerprint density at radius 3 is 2.33 bits per heavy atom. The van der Waals surface area contributed by atoms with Gasteiger partial charge in [0.25, 0.3) is 0 Å². The van der Waals surface area contributed by atoms with Crippen LogP contribution in [0.1, 0.15) is 25.7 Å². The molecule has 2 N–H and O–H groups in total. The molecule has 4 saturated heterocycles. The number of phenols is 1. The number of benzene rings is 3. The molecule has 1 aliphatic carbocycles. The summed E-state index contributed by atoms with van der Waals surface area (Å²) in [4.78, 5) is 13.6. The standard InChI is InChI=1S/C35H35F4N5O4/c36-24-4-1-18-9-21(45)10-22(28(18)30(24)38)29-25(37)11-23-32(31(29)39)41-34(42-33(23)44-12-19-2-3-20(13-44)40-19)48-17-35(5-6-35)16-43-14-26-27(15-43)47-8-7-46-26/h1,4,9-11,19-20,26-27,40,45H,2-3,5-8,12-17H2. The van der Waals surface area contributed by atoms with Crippen LogP contribution in [0.2, 0.25) is 0 Å². The molecule has 4 unspecified atom stereocenters. The smallest absolute Gasteiger partial charge is 0.319 e. The van der Waals surface area contributed by atoms with E-state index in [1.54, 1.807) is 0 Å². The third kappa shape index (κ3) is 5.22. The van der Waals surface area contributed by atoms with Crippen molar-refractivity contribution >= 4 is 27.5 Å². The average molecular weight is 666 g/mol. The maximum absolute atomic E-state index is 16.8. The Balaban J connectivity index is 1.10. The van der Waals surface area contributed by atoms with Crippen LogP contribution in [0, 0.1) is 28.7 Å². The average Bonchev–Trinajstić information content (AvgIpc) is 3.57. The number of hydrogen-bond donors (Lipinski definition) is 2. The van der Waals surface area contributed by atoms with E-state index in [-0.39, 0.29) is 68.7 Å². The van der Waals surface area contributed by atoms with E-state index in [9.17, 15) is 9.50 Å². The van der Waals surface area contributed by atoms with Gasteiger partial charge in [-0.2, -0.15) is 9.97 Å². The van der Waals surface area contributed by atoms with Gasteiger partial charge in [-0.15, -0.1) is 0 Å². The highest BCUT2D eigenvalue weighted by Gasteiger charge is 2.48. The highest BCUT2D eigenvalue weighted by atomic mass is 19.2. The first-order valence-electron chi connectivity index (χ1n) is 16.6. The molecular formula is C35H35F4N5O4. The fourth-order valence-corrected chi connectivity index (χ4v) is 8.14. The third-order valence-corrected chi connectivity index (χ3v) is 10.7. The van der Waals surface area contributed by atoms with Crippen LogP contribution in [0.4, 0.5) is 23.4 Å². The van der Waals surface area contributed by atoms with E-state index < -0.39 is 28.8 Å². The molecule has 4 atom stereocenters. The van der Waals surface area contributed by atoms with Crippen LogP contribution in [0.5, 0.6) is 11.8 Å². The number of fused-ring (bicyclic) bond motifs is 5. The zero-order chi connectivity index (χ0) is 32.7. The van der Waals surface area contributed by atoms with E-state index in [1.165, 1.54) is 12.1 Å². The number of halogens is 4. The fraction of sp³-hybridized carbons (Fsp3) is 0.486. The van der Waals surface area contributed by atoms with Crippen molar-refractivity contribution < 1.29 is 36.9 Å². The molecule has 0 amide bonds. The van der Waals surface area contributed by atoms with E-state index in [1.807, 2.05) is 4.90 Å². The summed E-state index contributed by atoms with van der Waals surface area (Å²) < 4.78 is 80.5. The van der Waals surface area contributed by atoms with Gasteiger partial charge in [0.1, 0.15) is 22.9 Å². The second kappa shape index (κ2) is 11.4. The number of rotatable bonds is 7. The second-order valence-electron chi connectivity index (χ2n) is 14.1. The Labute approximate surface area is 273 Å². The summed E-state index contributed by atoms with van der Waals surface area (Å²) >= 11 is 0. The summed E-state index contributed by atoms with van der Waals surface area (Å²) in [5, 5.41) is 13.9. The maximum atomic E-state index is 16.8. The van der Waals surface area contributed by atoms with Gasteiger partial charge in [-0.05, 0) is 55.3 Å². The minimum Gasteiger partial charge on any atom is -0.508 e. The van der Waals surface area contributed by atoms with Crippen molar-refractivity contribution in [2.75, 3.05) is 57.4 Å². The Morgan fingerprint density at radius 2 is 1.62 bits per heavy atom.